The summed E-state index contributed by atoms with van der Waals surface area (Å²) >= 11 is 0. The number of rotatable bonds is 13. The highest BCUT2D eigenvalue weighted by Gasteiger charge is 2.53. The number of nitrogens with zero attached hydrogens (tertiary/aromatic N) is 4. The second kappa shape index (κ2) is 14.6. The summed E-state index contributed by atoms with van der Waals surface area (Å²) in [6.07, 6.45) is -0.657. The Morgan fingerprint density at radius 1 is 1.04 bits per heavy atom. The minimum absolute atomic E-state index is 0.00486. The van der Waals surface area contributed by atoms with Crippen molar-refractivity contribution in [2.45, 2.75) is 31.0 Å². The molecule has 0 unspecified atom stereocenters. The van der Waals surface area contributed by atoms with Crippen LogP contribution in [-0.2, 0) is 22.5 Å². The maximum Gasteiger partial charge on any atom is 0.252 e. The van der Waals surface area contributed by atoms with Crippen molar-refractivity contribution >= 4 is 17.5 Å². The number of carbonyl (C=O) groups is 1. The Hall–Kier alpha value is -5.45. The number of methoxy groups -OCH3 is 1. The van der Waals surface area contributed by atoms with E-state index in [-0.39, 0.29) is 30.2 Å². The fraction of sp³-hybridized carbons (Fsp3) is 0.235. The molecule has 236 valence electrons. The molecule has 10 nitrogen and oxygen atoms in total. The van der Waals surface area contributed by atoms with E-state index < -0.39 is 35.7 Å². The van der Waals surface area contributed by atoms with Gasteiger partial charge in [0.25, 0.3) is 5.91 Å². The van der Waals surface area contributed by atoms with Crippen LogP contribution in [0.15, 0.2) is 101 Å². The van der Waals surface area contributed by atoms with Gasteiger partial charge in [-0.2, -0.15) is 0 Å². The lowest BCUT2D eigenvalue weighted by Crippen LogP contribution is -2.49. The van der Waals surface area contributed by atoms with Gasteiger partial charge in [-0.3, -0.25) is 4.79 Å². The summed E-state index contributed by atoms with van der Waals surface area (Å²) in [5, 5.41) is 15.5. The van der Waals surface area contributed by atoms with Gasteiger partial charge in [0.2, 0.25) is 5.90 Å². The lowest BCUT2D eigenvalue weighted by Gasteiger charge is -2.31. The molecule has 0 aliphatic carbocycles. The average molecular weight is 628 g/mol. The van der Waals surface area contributed by atoms with Gasteiger partial charge in [0, 0.05) is 47.7 Å². The predicted octanol–water partition coefficient (Wildman–Crippen LogP) is 6.49. The third-order valence-electron chi connectivity index (χ3n) is 7.52. The van der Waals surface area contributed by atoms with Crippen molar-refractivity contribution in [2.75, 3.05) is 20.3 Å². The molecule has 4 aromatic carbocycles. The molecule has 5 rings (SSSR count). The number of hydrogen-bond donors (Lipinski definition) is 2. The maximum atomic E-state index is 14.6. The van der Waals surface area contributed by atoms with Gasteiger partial charge in [-0.05, 0) is 65.2 Å². The van der Waals surface area contributed by atoms with Crippen molar-refractivity contribution in [3.63, 3.8) is 0 Å². The van der Waals surface area contributed by atoms with Crippen LogP contribution in [0.1, 0.15) is 34.8 Å². The molecular formula is C34H31F2N5O5. The van der Waals surface area contributed by atoms with E-state index in [2.05, 4.69) is 15.3 Å². The summed E-state index contributed by atoms with van der Waals surface area (Å²) in [5.41, 5.74) is 9.07. The highest BCUT2D eigenvalue weighted by atomic mass is 19.1. The monoisotopic (exact) mass is 627 g/mol. The molecule has 0 bridgehead atoms. The van der Waals surface area contributed by atoms with E-state index in [0.29, 0.717) is 41.2 Å². The van der Waals surface area contributed by atoms with Crippen molar-refractivity contribution in [3.05, 3.63) is 135 Å². The molecule has 0 aromatic heterocycles. The van der Waals surface area contributed by atoms with Crippen LogP contribution in [0.25, 0.3) is 10.4 Å². The van der Waals surface area contributed by atoms with E-state index in [1.165, 1.54) is 13.2 Å². The van der Waals surface area contributed by atoms with Crippen molar-refractivity contribution < 1.29 is 32.9 Å². The number of amides is 1. The molecule has 0 spiro atoms. The Bertz CT molecular complexity index is 1760. The summed E-state index contributed by atoms with van der Waals surface area (Å²) in [6, 6.07) is 24.1. The van der Waals surface area contributed by atoms with Gasteiger partial charge in [0.15, 0.2) is 11.6 Å². The van der Waals surface area contributed by atoms with E-state index in [4.69, 9.17) is 24.3 Å². The lowest BCUT2D eigenvalue weighted by molar-refractivity contribution is -0.129. The molecule has 0 fully saturated rings. The number of halogens is 2. The number of nitrogens with one attached hydrogen (secondary N) is 1. The molecule has 1 aliphatic heterocycles. The zero-order valence-electron chi connectivity index (χ0n) is 24.9. The second-order valence-corrected chi connectivity index (χ2v) is 10.4. The van der Waals surface area contributed by atoms with E-state index in [1.807, 2.05) is 0 Å². The largest absolute Gasteiger partial charge is 0.497 e. The number of benzene rings is 4. The van der Waals surface area contributed by atoms with Gasteiger partial charge < -0.3 is 24.6 Å². The van der Waals surface area contributed by atoms with Crippen molar-refractivity contribution in [1.82, 2.24) is 5.32 Å². The molecule has 2 N–H and O–H groups in total. The lowest BCUT2D eigenvalue weighted by atomic mass is 9.81. The summed E-state index contributed by atoms with van der Waals surface area (Å²) in [6.45, 7) is -0.112. The minimum atomic E-state index is -1.74. The smallest absolute Gasteiger partial charge is 0.252 e. The van der Waals surface area contributed by atoms with Crippen molar-refractivity contribution in [3.8, 4) is 11.5 Å². The van der Waals surface area contributed by atoms with Crippen LogP contribution < -0.4 is 14.8 Å². The number of carbonyl (C=O) groups excluding carboxylic acids is 1. The summed E-state index contributed by atoms with van der Waals surface area (Å²) in [7, 11) is 1.51. The molecule has 0 saturated carbocycles. The van der Waals surface area contributed by atoms with E-state index >= 15 is 0 Å². The summed E-state index contributed by atoms with van der Waals surface area (Å²) in [5.74, 6) is -1.06. The molecule has 0 radical (unpaired) electrons. The van der Waals surface area contributed by atoms with Crippen LogP contribution in [0.2, 0.25) is 0 Å². The van der Waals surface area contributed by atoms with Crippen molar-refractivity contribution in [2.24, 2.45) is 10.1 Å². The first-order valence-electron chi connectivity index (χ1n) is 14.5. The molecule has 12 heteroatoms. The molecule has 1 heterocycles. The molecule has 0 saturated heterocycles. The maximum absolute atomic E-state index is 14.6. The minimum Gasteiger partial charge on any atom is -0.497 e. The number of ether oxygens (including phenoxy) is 3. The van der Waals surface area contributed by atoms with Gasteiger partial charge in [-0.25, -0.2) is 13.8 Å². The van der Waals surface area contributed by atoms with Crippen molar-refractivity contribution in [1.29, 1.82) is 0 Å². The van der Waals surface area contributed by atoms with E-state index in [1.54, 1.807) is 72.8 Å². The Morgan fingerprint density at radius 3 is 2.50 bits per heavy atom. The number of aliphatic hydroxyl groups is 1. The van der Waals surface area contributed by atoms with Crippen LogP contribution in [0.5, 0.6) is 11.5 Å². The summed E-state index contributed by atoms with van der Waals surface area (Å²) < 4.78 is 46.7. The number of azide groups is 1. The van der Waals surface area contributed by atoms with Gasteiger partial charge in [0.1, 0.15) is 23.1 Å². The number of aliphatic imine (C=N–C) groups is 1. The van der Waals surface area contributed by atoms with Crippen LogP contribution >= 0.6 is 0 Å². The first-order valence-corrected chi connectivity index (χ1v) is 14.5. The molecule has 4 aromatic rings. The van der Waals surface area contributed by atoms with Gasteiger partial charge in [0.05, 0.1) is 13.7 Å². The first kappa shape index (κ1) is 32.0. The highest BCUT2D eigenvalue weighted by molar-refractivity contribution is 6.01. The SMILES string of the molecule is COc1cccc([C@H]2OC(c3ccc(OCCCO)cc3)=N[C@@]2(Cc2ccccc2N=[N+]=[N-])C(=O)NCc2c(F)cccc2F)c1. The Morgan fingerprint density at radius 2 is 1.78 bits per heavy atom. The second-order valence-electron chi connectivity index (χ2n) is 10.4. The fourth-order valence-corrected chi connectivity index (χ4v) is 5.21. The van der Waals surface area contributed by atoms with Gasteiger partial charge >= 0.3 is 0 Å². The summed E-state index contributed by atoms with van der Waals surface area (Å²) in [4.78, 5) is 22.3. The number of aliphatic hydroxyl groups excluding tert-OH is 1. The van der Waals surface area contributed by atoms with Gasteiger partial charge in [-0.1, -0.05) is 47.6 Å². The Balaban J connectivity index is 1.63. The van der Waals surface area contributed by atoms with Crippen LogP contribution in [0.4, 0.5) is 14.5 Å². The van der Waals surface area contributed by atoms with E-state index in [9.17, 15) is 19.1 Å². The molecular weight excluding hydrogens is 596 g/mol. The third kappa shape index (κ3) is 6.93. The fourth-order valence-electron chi connectivity index (χ4n) is 5.21. The highest BCUT2D eigenvalue weighted by Crippen LogP contribution is 2.44. The molecule has 46 heavy (non-hydrogen) atoms. The van der Waals surface area contributed by atoms with Crippen LogP contribution in [-0.4, -0.2) is 42.8 Å². The zero-order chi connectivity index (χ0) is 32.5. The van der Waals surface area contributed by atoms with Crippen LogP contribution in [0, 0.1) is 11.6 Å². The Kier molecular flexibility index (Phi) is 10.1. The van der Waals surface area contributed by atoms with Crippen LogP contribution in [0.3, 0.4) is 0 Å². The third-order valence-corrected chi connectivity index (χ3v) is 7.52. The topological polar surface area (TPSA) is 138 Å². The molecule has 1 amide bonds. The Labute approximate surface area is 263 Å². The first-order chi connectivity index (χ1) is 22.4. The van der Waals surface area contributed by atoms with E-state index in [0.717, 1.165) is 12.1 Å². The predicted molar refractivity (Wildman–Crippen MR) is 167 cm³/mol. The quantitative estimate of drug-likeness (QED) is 0.0755. The average Bonchev–Trinajstić information content (AvgIpc) is 3.46. The standard InChI is InChI=1S/C34H31F2N5O5/c1-44-26-9-4-8-23(19-26)31-34(20-24-7-2-3-12-30(24)40-41-37,33(43)38-21-27-28(35)10-5-11-29(27)36)39-32(46-31)22-13-15-25(16-14-22)45-18-6-17-42/h2-5,7-16,19,31,42H,6,17-18,20-21H2,1H3,(H,38,43)/t31-,34-/m1/s1. The normalized spacial score (nSPS) is 17.0. The molecule has 2 atom stereocenters. The van der Waals surface area contributed by atoms with Gasteiger partial charge in [-0.15, -0.1) is 0 Å². The molecule has 1 aliphatic rings. The number of hydrogen-bond acceptors (Lipinski definition) is 7. The zero-order valence-corrected chi connectivity index (χ0v) is 24.9.